The minimum Gasteiger partial charge on any atom is -0.456 e. The van der Waals surface area contributed by atoms with E-state index < -0.39 is 0 Å². The molecule has 0 unspecified atom stereocenters. The summed E-state index contributed by atoms with van der Waals surface area (Å²) in [5.74, 6) is 1.83. The molecule has 0 aliphatic rings. The summed E-state index contributed by atoms with van der Waals surface area (Å²) in [5.41, 5.74) is 6.57. The molecule has 0 aliphatic carbocycles. The fourth-order valence-electron chi connectivity index (χ4n) is 8.41. The van der Waals surface area contributed by atoms with Gasteiger partial charge in [-0.3, -0.25) is 0 Å². The fourth-order valence-corrected chi connectivity index (χ4v) is 9.54. The Hall–Kier alpha value is -7.21. The zero-order valence-corrected chi connectivity index (χ0v) is 30.7. The molecule has 0 fully saturated rings. The lowest BCUT2D eigenvalue weighted by Crippen LogP contribution is -2.02. The summed E-state index contributed by atoms with van der Waals surface area (Å²) in [6.07, 6.45) is 0. The van der Waals surface area contributed by atoms with Crippen LogP contribution < -0.4 is 0 Å². The quantitative estimate of drug-likeness (QED) is 0.181. The first-order chi connectivity index (χ1) is 27.7. The first-order valence-corrected chi connectivity index (χ1v) is 19.6. The number of hydrogen-bond donors (Lipinski definition) is 0. The average Bonchev–Trinajstić information content (AvgIpc) is 3.82. The van der Waals surface area contributed by atoms with E-state index in [0.717, 1.165) is 71.3 Å². The molecule has 0 spiro atoms. The lowest BCUT2D eigenvalue weighted by Gasteiger charge is -2.15. The molecule has 0 bridgehead atoms. The van der Waals surface area contributed by atoms with Gasteiger partial charge in [-0.15, -0.1) is 11.3 Å². The first-order valence-electron chi connectivity index (χ1n) is 18.8. The van der Waals surface area contributed by atoms with Crippen molar-refractivity contribution in [2.24, 2.45) is 0 Å². The van der Waals surface area contributed by atoms with Gasteiger partial charge in [0.15, 0.2) is 17.5 Å². The SMILES string of the molecule is c1ccc2cc(-c3nc(-c4ccc5ccccc5c4)nc(-c4c(-c5cccc6sc7ccccc7c56)ccc5oc6cc7ccccc7cc6c45)n3)ccc2c1. The number of benzene rings is 9. The average molecular weight is 732 g/mol. The van der Waals surface area contributed by atoms with Crippen LogP contribution in [0.3, 0.4) is 0 Å². The van der Waals surface area contributed by atoms with Gasteiger partial charge in [0, 0.05) is 47.6 Å². The number of rotatable bonds is 4. The zero-order valence-electron chi connectivity index (χ0n) is 29.9. The Morgan fingerprint density at radius 1 is 0.357 bits per heavy atom. The van der Waals surface area contributed by atoms with Crippen molar-refractivity contribution in [1.82, 2.24) is 15.0 Å². The van der Waals surface area contributed by atoms with Crippen LogP contribution >= 0.6 is 11.3 Å². The summed E-state index contributed by atoms with van der Waals surface area (Å²) in [7, 11) is 0. The molecule has 0 N–H and O–H groups in total. The van der Waals surface area contributed by atoms with E-state index in [9.17, 15) is 0 Å². The molecular formula is C51H29N3OS. The fraction of sp³-hybridized carbons (Fsp3) is 0. The number of fused-ring (bicyclic) bond motifs is 9. The zero-order chi connectivity index (χ0) is 36.7. The maximum atomic E-state index is 6.71. The van der Waals surface area contributed by atoms with Crippen LogP contribution in [-0.4, -0.2) is 15.0 Å². The molecule has 0 amide bonds. The number of aromatic nitrogens is 3. The van der Waals surface area contributed by atoms with Crippen molar-refractivity contribution >= 4 is 85.8 Å². The van der Waals surface area contributed by atoms with Crippen LogP contribution in [0.1, 0.15) is 0 Å². The molecule has 4 nitrogen and oxygen atoms in total. The molecule has 0 saturated carbocycles. The van der Waals surface area contributed by atoms with Crippen LogP contribution in [0.2, 0.25) is 0 Å². The normalized spacial score (nSPS) is 11.9. The van der Waals surface area contributed by atoms with E-state index >= 15 is 0 Å². The highest BCUT2D eigenvalue weighted by molar-refractivity contribution is 7.25. The van der Waals surface area contributed by atoms with E-state index in [1.54, 1.807) is 0 Å². The third-order valence-corrected chi connectivity index (χ3v) is 12.2. The van der Waals surface area contributed by atoms with Crippen LogP contribution in [0.5, 0.6) is 0 Å². The van der Waals surface area contributed by atoms with E-state index in [4.69, 9.17) is 19.4 Å². The molecule has 5 heteroatoms. The van der Waals surface area contributed by atoms with Crippen LogP contribution in [0.15, 0.2) is 180 Å². The molecule has 0 atom stereocenters. The van der Waals surface area contributed by atoms with Gasteiger partial charge in [0.25, 0.3) is 0 Å². The largest absolute Gasteiger partial charge is 0.456 e. The predicted molar refractivity (Wildman–Crippen MR) is 234 cm³/mol. The molecule has 260 valence electrons. The van der Waals surface area contributed by atoms with Gasteiger partial charge < -0.3 is 4.42 Å². The van der Waals surface area contributed by atoms with Gasteiger partial charge in [-0.25, -0.2) is 15.0 Å². The van der Waals surface area contributed by atoms with Crippen LogP contribution in [0, 0.1) is 0 Å². The van der Waals surface area contributed by atoms with Crippen LogP contribution in [0.4, 0.5) is 0 Å². The van der Waals surface area contributed by atoms with Crippen molar-refractivity contribution in [1.29, 1.82) is 0 Å². The maximum absolute atomic E-state index is 6.71. The lowest BCUT2D eigenvalue weighted by atomic mass is 9.91. The third kappa shape index (κ3) is 4.88. The van der Waals surface area contributed by atoms with Crippen LogP contribution in [0.25, 0.3) is 120 Å². The smallest absolute Gasteiger partial charge is 0.165 e. The van der Waals surface area contributed by atoms with E-state index in [-0.39, 0.29) is 0 Å². The molecule has 56 heavy (non-hydrogen) atoms. The van der Waals surface area contributed by atoms with Crippen molar-refractivity contribution in [2.45, 2.75) is 0 Å². The summed E-state index contributed by atoms with van der Waals surface area (Å²) in [6, 6.07) is 62.1. The summed E-state index contributed by atoms with van der Waals surface area (Å²) in [6.45, 7) is 0. The Morgan fingerprint density at radius 2 is 0.929 bits per heavy atom. The van der Waals surface area contributed by atoms with Gasteiger partial charge >= 0.3 is 0 Å². The number of nitrogens with zero attached hydrogens (tertiary/aromatic N) is 3. The molecule has 0 saturated heterocycles. The number of hydrogen-bond acceptors (Lipinski definition) is 5. The molecule has 12 rings (SSSR count). The monoisotopic (exact) mass is 731 g/mol. The Morgan fingerprint density at radius 3 is 1.62 bits per heavy atom. The summed E-state index contributed by atoms with van der Waals surface area (Å²) in [4.78, 5) is 16.1. The lowest BCUT2D eigenvalue weighted by molar-refractivity contribution is 0.669. The van der Waals surface area contributed by atoms with Crippen LogP contribution in [-0.2, 0) is 0 Å². The van der Waals surface area contributed by atoms with Gasteiger partial charge in [0.1, 0.15) is 11.2 Å². The summed E-state index contributed by atoms with van der Waals surface area (Å²) in [5, 5.41) is 11.4. The van der Waals surface area contributed by atoms with E-state index in [0.29, 0.717) is 17.5 Å². The summed E-state index contributed by atoms with van der Waals surface area (Å²) < 4.78 is 9.21. The van der Waals surface area contributed by atoms with Gasteiger partial charge in [0.05, 0.1) is 0 Å². The Kier molecular flexibility index (Phi) is 6.76. The minimum atomic E-state index is 0.597. The Balaban J connectivity index is 1.22. The van der Waals surface area contributed by atoms with E-state index in [1.807, 2.05) is 11.3 Å². The predicted octanol–water partition coefficient (Wildman–Crippen LogP) is 14.3. The van der Waals surface area contributed by atoms with Crippen molar-refractivity contribution in [3.63, 3.8) is 0 Å². The highest BCUT2D eigenvalue weighted by Gasteiger charge is 2.24. The second-order valence-electron chi connectivity index (χ2n) is 14.4. The summed E-state index contributed by atoms with van der Waals surface area (Å²) >= 11 is 1.82. The maximum Gasteiger partial charge on any atom is 0.165 e. The second kappa shape index (κ2) is 12.2. The number of thiophene rings is 1. The number of furan rings is 1. The molecule has 9 aromatic carbocycles. The Bertz CT molecular complexity index is 3460. The third-order valence-electron chi connectivity index (χ3n) is 11.1. The molecule has 12 aromatic rings. The first kappa shape index (κ1) is 31.2. The van der Waals surface area contributed by atoms with Crippen molar-refractivity contribution < 1.29 is 4.42 Å². The Labute approximate surface area is 325 Å². The van der Waals surface area contributed by atoms with Gasteiger partial charge in [0.2, 0.25) is 0 Å². The van der Waals surface area contributed by atoms with Gasteiger partial charge in [-0.05, 0) is 92.0 Å². The van der Waals surface area contributed by atoms with Crippen molar-refractivity contribution in [3.8, 4) is 45.3 Å². The van der Waals surface area contributed by atoms with E-state index in [2.05, 4.69) is 176 Å². The van der Waals surface area contributed by atoms with Crippen molar-refractivity contribution in [2.75, 3.05) is 0 Å². The molecule has 3 heterocycles. The van der Waals surface area contributed by atoms with E-state index in [1.165, 1.54) is 30.9 Å². The molecule has 0 radical (unpaired) electrons. The highest BCUT2D eigenvalue weighted by atomic mass is 32.1. The molecule has 3 aromatic heterocycles. The van der Waals surface area contributed by atoms with Crippen molar-refractivity contribution in [3.05, 3.63) is 176 Å². The van der Waals surface area contributed by atoms with Gasteiger partial charge in [-0.2, -0.15) is 0 Å². The molecular weight excluding hydrogens is 703 g/mol. The standard InChI is InChI=1S/C51H29N3OS/c1-3-12-32-26-36(22-20-30(32)10-1)49-52-50(37-23-21-31-11-2-4-13-33(31)27-37)54-51(53-49)48-39(38-17-9-19-45-46(38)40-16-7-8-18-44(40)56-45)24-25-42-47(48)41-28-34-14-5-6-15-35(34)29-43(41)55-42/h1-29H. The topological polar surface area (TPSA) is 51.8 Å². The highest BCUT2D eigenvalue weighted by Crippen LogP contribution is 2.47. The minimum absolute atomic E-state index is 0.597. The van der Waals surface area contributed by atoms with Gasteiger partial charge in [-0.1, -0.05) is 127 Å². The molecule has 0 aliphatic heterocycles. The second-order valence-corrected chi connectivity index (χ2v) is 15.4.